The molecule has 0 saturated carbocycles. The van der Waals surface area contributed by atoms with Crippen LogP contribution in [-0.4, -0.2) is 15.5 Å². The molecule has 0 unspecified atom stereocenters. The summed E-state index contributed by atoms with van der Waals surface area (Å²) in [6, 6.07) is 3.98. The number of halogens is 2. The topological polar surface area (TPSA) is 64.0 Å². The van der Waals surface area contributed by atoms with Gasteiger partial charge in [0.2, 0.25) is 0 Å². The maximum Gasteiger partial charge on any atom is 0.266 e. The van der Waals surface area contributed by atoms with Crippen molar-refractivity contribution in [2.45, 2.75) is 6.92 Å². The summed E-state index contributed by atoms with van der Waals surface area (Å²) < 4.78 is 15.1. The molecule has 0 aliphatic carbocycles. The number of aromatic nitrogens is 2. The normalized spacial score (nSPS) is 11.0. The Balaban J connectivity index is 2.03. The van der Waals surface area contributed by atoms with Crippen LogP contribution in [0.1, 0.15) is 15.2 Å². The molecule has 0 bridgehead atoms. The van der Waals surface area contributed by atoms with Gasteiger partial charge in [-0.3, -0.25) is 9.59 Å². The summed E-state index contributed by atoms with van der Waals surface area (Å²) >= 11 is 6.78. The average molecular weight is 352 g/mol. The van der Waals surface area contributed by atoms with E-state index >= 15 is 0 Å². The van der Waals surface area contributed by atoms with Gasteiger partial charge in [-0.1, -0.05) is 11.6 Å². The molecule has 2 aromatic heterocycles. The lowest BCUT2D eigenvalue weighted by molar-refractivity contribution is 0.102. The third-order valence-corrected chi connectivity index (χ3v) is 4.83. The second-order valence-corrected chi connectivity index (χ2v) is 6.41. The zero-order valence-corrected chi connectivity index (χ0v) is 13.8. The van der Waals surface area contributed by atoms with E-state index in [1.807, 2.05) is 0 Å². The van der Waals surface area contributed by atoms with Crippen LogP contribution in [0.3, 0.4) is 0 Å². The van der Waals surface area contributed by atoms with Crippen LogP contribution in [0.5, 0.6) is 0 Å². The maximum absolute atomic E-state index is 13.8. The molecule has 5 nitrogen and oxygen atoms in total. The number of hydrogen-bond donors (Lipinski definition) is 1. The zero-order chi connectivity index (χ0) is 16.7. The number of fused-ring (bicyclic) bond motifs is 1. The minimum Gasteiger partial charge on any atom is -0.319 e. The highest BCUT2D eigenvalue weighted by molar-refractivity contribution is 7.20. The third kappa shape index (κ3) is 2.73. The maximum atomic E-state index is 13.8. The summed E-state index contributed by atoms with van der Waals surface area (Å²) in [5, 5.41) is 3.14. The summed E-state index contributed by atoms with van der Waals surface area (Å²) in [6.45, 7) is 1.68. The molecule has 1 amide bonds. The summed E-state index contributed by atoms with van der Waals surface area (Å²) in [6.07, 6.45) is 1.40. The van der Waals surface area contributed by atoms with Crippen molar-refractivity contribution >= 4 is 44.7 Å². The van der Waals surface area contributed by atoms with Crippen molar-refractivity contribution in [3.8, 4) is 0 Å². The fraction of sp³-hybridized carbons (Fsp3) is 0.133. The second-order valence-electron chi connectivity index (χ2n) is 4.98. The molecule has 0 atom stereocenters. The molecule has 0 spiro atoms. The number of amides is 1. The van der Waals surface area contributed by atoms with Gasteiger partial charge in [0, 0.05) is 12.1 Å². The molecule has 23 heavy (non-hydrogen) atoms. The van der Waals surface area contributed by atoms with Gasteiger partial charge < -0.3 is 9.88 Å². The van der Waals surface area contributed by atoms with Gasteiger partial charge in [-0.05, 0) is 30.7 Å². The molecule has 0 aliphatic heterocycles. The summed E-state index contributed by atoms with van der Waals surface area (Å²) in [5.41, 5.74) is 0.336. The molecule has 3 rings (SSSR count). The van der Waals surface area contributed by atoms with Gasteiger partial charge in [-0.15, -0.1) is 11.3 Å². The fourth-order valence-electron chi connectivity index (χ4n) is 2.20. The number of nitrogens with one attached hydrogen (secondary N) is 1. The molecule has 3 aromatic rings. The van der Waals surface area contributed by atoms with Crippen molar-refractivity contribution < 1.29 is 9.18 Å². The van der Waals surface area contributed by atoms with Crippen LogP contribution in [0.15, 0.2) is 29.3 Å². The van der Waals surface area contributed by atoms with Crippen molar-refractivity contribution in [3.63, 3.8) is 0 Å². The Labute approximate surface area is 139 Å². The molecular formula is C15H11ClFN3O2S. The van der Waals surface area contributed by atoms with Crippen LogP contribution in [0.2, 0.25) is 5.02 Å². The van der Waals surface area contributed by atoms with E-state index in [2.05, 4.69) is 10.3 Å². The lowest BCUT2D eigenvalue weighted by atomic mass is 10.2. The highest BCUT2D eigenvalue weighted by Crippen LogP contribution is 2.28. The molecule has 1 N–H and O–H groups in total. The summed E-state index contributed by atoms with van der Waals surface area (Å²) in [7, 11) is 1.59. The van der Waals surface area contributed by atoms with Crippen molar-refractivity contribution in [2.24, 2.45) is 7.05 Å². The Morgan fingerprint density at radius 3 is 2.87 bits per heavy atom. The van der Waals surface area contributed by atoms with Crippen molar-refractivity contribution in [2.75, 3.05) is 5.32 Å². The van der Waals surface area contributed by atoms with Crippen LogP contribution >= 0.6 is 22.9 Å². The molecule has 0 fully saturated rings. The number of anilines is 1. The largest absolute Gasteiger partial charge is 0.319 e. The predicted octanol–water partition coefficient (Wildman–Crippen LogP) is 3.35. The number of nitrogens with zero attached hydrogens (tertiary/aromatic N) is 2. The van der Waals surface area contributed by atoms with Crippen LogP contribution in [0, 0.1) is 12.7 Å². The number of benzene rings is 1. The highest BCUT2D eigenvalue weighted by atomic mass is 35.5. The average Bonchev–Trinajstić information content (AvgIpc) is 2.84. The molecule has 0 aliphatic rings. The lowest BCUT2D eigenvalue weighted by Crippen LogP contribution is -2.17. The molecule has 118 valence electrons. The van der Waals surface area contributed by atoms with Crippen LogP contribution in [-0.2, 0) is 7.05 Å². The lowest BCUT2D eigenvalue weighted by Gasteiger charge is -2.06. The first-order valence-corrected chi connectivity index (χ1v) is 7.79. The van der Waals surface area contributed by atoms with E-state index in [0.717, 1.165) is 17.4 Å². The van der Waals surface area contributed by atoms with Crippen LogP contribution < -0.4 is 10.9 Å². The minimum atomic E-state index is -0.626. The van der Waals surface area contributed by atoms with Crippen molar-refractivity contribution in [1.82, 2.24) is 9.55 Å². The molecule has 2 heterocycles. The molecule has 0 saturated heterocycles. The van der Waals surface area contributed by atoms with E-state index in [-0.39, 0.29) is 16.3 Å². The van der Waals surface area contributed by atoms with E-state index in [1.165, 1.54) is 23.0 Å². The van der Waals surface area contributed by atoms with Crippen molar-refractivity contribution in [3.05, 3.63) is 56.2 Å². The van der Waals surface area contributed by atoms with Gasteiger partial charge >= 0.3 is 0 Å². The Kier molecular flexibility index (Phi) is 3.91. The van der Waals surface area contributed by atoms with Gasteiger partial charge in [-0.2, -0.15) is 0 Å². The zero-order valence-electron chi connectivity index (χ0n) is 12.2. The van der Waals surface area contributed by atoms with E-state index < -0.39 is 11.7 Å². The van der Waals surface area contributed by atoms with E-state index in [4.69, 9.17) is 11.6 Å². The highest BCUT2D eigenvalue weighted by Gasteiger charge is 2.20. The number of rotatable bonds is 2. The smallest absolute Gasteiger partial charge is 0.266 e. The number of thiophene rings is 1. The van der Waals surface area contributed by atoms with E-state index in [0.29, 0.717) is 20.7 Å². The standard InChI is InChI=1S/C15H11ClFN3O2S/c1-7-11-14(18-6-20(2)15(11)22)23-12(7)13(21)19-10-4-3-8(16)5-9(10)17/h3-6H,1-2H3,(H,19,21). The molecule has 8 heteroatoms. The number of carbonyl (C=O) groups excluding carboxylic acids is 1. The quantitative estimate of drug-likeness (QED) is 0.770. The predicted molar refractivity (Wildman–Crippen MR) is 89.0 cm³/mol. The number of hydrogen-bond acceptors (Lipinski definition) is 4. The van der Waals surface area contributed by atoms with Gasteiger partial charge in [0.1, 0.15) is 10.6 Å². The summed E-state index contributed by atoms with van der Waals surface area (Å²) in [5.74, 6) is -1.12. The molecular weight excluding hydrogens is 341 g/mol. The first-order chi connectivity index (χ1) is 10.9. The first-order valence-electron chi connectivity index (χ1n) is 6.59. The van der Waals surface area contributed by atoms with E-state index in [1.54, 1.807) is 14.0 Å². The molecule has 0 radical (unpaired) electrons. The third-order valence-electron chi connectivity index (χ3n) is 3.40. The Hall–Kier alpha value is -2.25. The molecule has 1 aromatic carbocycles. The summed E-state index contributed by atoms with van der Waals surface area (Å²) in [4.78, 5) is 29.5. The van der Waals surface area contributed by atoms with Crippen LogP contribution in [0.25, 0.3) is 10.2 Å². The van der Waals surface area contributed by atoms with Gasteiger partial charge in [-0.25, -0.2) is 9.37 Å². The first kappa shape index (κ1) is 15.6. The van der Waals surface area contributed by atoms with Gasteiger partial charge in [0.05, 0.1) is 22.3 Å². The Bertz CT molecular complexity index is 996. The number of aryl methyl sites for hydroxylation is 2. The van der Waals surface area contributed by atoms with Gasteiger partial charge in [0.15, 0.2) is 0 Å². The van der Waals surface area contributed by atoms with E-state index in [9.17, 15) is 14.0 Å². The second kappa shape index (κ2) is 5.75. The monoisotopic (exact) mass is 351 g/mol. The fourth-order valence-corrected chi connectivity index (χ4v) is 3.39. The van der Waals surface area contributed by atoms with Crippen LogP contribution in [0.4, 0.5) is 10.1 Å². The minimum absolute atomic E-state index is 0.0251. The Morgan fingerprint density at radius 2 is 2.17 bits per heavy atom. The van der Waals surface area contributed by atoms with Crippen molar-refractivity contribution in [1.29, 1.82) is 0 Å². The SMILES string of the molecule is Cc1c(C(=O)Nc2ccc(Cl)cc2F)sc2ncn(C)c(=O)c12. The number of carbonyl (C=O) groups is 1. The van der Waals surface area contributed by atoms with Gasteiger partial charge in [0.25, 0.3) is 11.5 Å². The Morgan fingerprint density at radius 1 is 1.43 bits per heavy atom.